The molecule has 2 heterocycles. The third-order valence-electron chi connectivity index (χ3n) is 4.95. The van der Waals surface area contributed by atoms with Gasteiger partial charge in [-0.2, -0.15) is 18.3 Å². The van der Waals surface area contributed by atoms with Crippen molar-refractivity contribution in [2.24, 2.45) is 0 Å². The maximum absolute atomic E-state index is 13.3. The van der Waals surface area contributed by atoms with Crippen molar-refractivity contribution >= 4 is 26.8 Å². The molecule has 0 fully saturated rings. The third-order valence-corrected chi connectivity index (χ3v) is 5.45. The van der Waals surface area contributed by atoms with Gasteiger partial charge >= 0.3 is 6.18 Å². The van der Waals surface area contributed by atoms with E-state index >= 15 is 0 Å². The highest BCUT2D eigenvalue weighted by Gasteiger charge is 2.39. The van der Waals surface area contributed by atoms with Crippen molar-refractivity contribution in [3.8, 4) is 5.75 Å². The number of methoxy groups -OCH3 is 1. The highest BCUT2D eigenvalue weighted by Crippen LogP contribution is 2.42. The number of halogens is 4. The summed E-state index contributed by atoms with van der Waals surface area (Å²) in [5.74, 6) is 0.557. The molecule has 142 valence electrons. The van der Waals surface area contributed by atoms with Gasteiger partial charge in [0, 0.05) is 22.0 Å². The molecule has 27 heavy (non-hydrogen) atoms. The molecule has 0 bridgehead atoms. The van der Waals surface area contributed by atoms with Gasteiger partial charge in [0.2, 0.25) is 0 Å². The number of fused-ring (bicyclic) bond motifs is 3. The van der Waals surface area contributed by atoms with Gasteiger partial charge in [-0.3, -0.25) is 10.00 Å². The second-order valence-corrected chi connectivity index (χ2v) is 7.50. The molecular weight excluding hydrogens is 423 g/mol. The standard InChI is InChI=1S/C19H17BrF3N3O/c1-27-17-8-11(20)2-3-14(17)18-13-4-5-16-15(9-24-25-16)12(13)6-7-26(18)10-19(21,22)23/h2-5,8-9,18H,6-7,10H2,1H3,(H,24,25). The normalized spacial score (nSPS) is 17.9. The van der Waals surface area contributed by atoms with Crippen molar-refractivity contribution in [2.45, 2.75) is 18.6 Å². The number of hydrogen-bond donors (Lipinski definition) is 1. The summed E-state index contributed by atoms with van der Waals surface area (Å²) in [7, 11) is 1.53. The van der Waals surface area contributed by atoms with Gasteiger partial charge in [-0.05, 0) is 35.7 Å². The molecule has 1 atom stereocenters. The van der Waals surface area contributed by atoms with Crippen LogP contribution in [0.1, 0.15) is 22.7 Å². The summed E-state index contributed by atoms with van der Waals surface area (Å²) in [6, 6.07) is 8.66. The number of ether oxygens (including phenoxy) is 1. The first-order valence-corrected chi connectivity index (χ1v) is 9.26. The average molecular weight is 440 g/mol. The second-order valence-electron chi connectivity index (χ2n) is 6.59. The molecule has 1 aliphatic heterocycles. The molecule has 3 aromatic rings. The highest BCUT2D eigenvalue weighted by atomic mass is 79.9. The summed E-state index contributed by atoms with van der Waals surface area (Å²) in [5.41, 5.74) is 3.50. The van der Waals surface area contributed by atoms with Crippen LogP contribution in [-0.4, -0.2) is 41.5 Å². The van der Waals surface area contributed by atoms with Gasteiger partial charge in [0.25, 0.3) is 0 Å². The highest BCUT2D eigenvalue weighted by molar-refractivity contribution is 9.10. The van der Waals surface area contributed by atoms with Crippen molar-refractivity contribution < 1.29 is 17.9 Å². The van der Waals surface area contributed by atoms with Gasteiger partial charge in [-0.15, -0.1) is 0 Å². The summed E-state index contributed by atoms with van der Waals surface area (Å²) in [6.07, 6.45) is -2.00. The quantitative estimate of drug-likeness (QED) is 0.634. The fourth-order valence-electron chi connectivity index (χ4n) is 3.88. The lowest BCUT2D eigenvalue weighted by molar-refractivity contribution is -0.150. The van der Waals surface area contributed by atoms with Crippen LogP contribution in [0.15, 0.2) is 41.0 Å². The van der Waals surface area contributed by atoms with Gasteiger partial charge in [0.05, 0.1) is 31.4 Å². The van der Waals surface area contributed by atoms with Gasteiger partial charge < -0.3 is 4.74 Å². The molecule has 0 spiro atoms. The van der Waals surface area contributed by atoms with Crippen LogP contribution < -0.4 is 4.74 Å². The fourth-order valence-corrected chi connectivity index (χ4v) is 4.23. The molecule has 0 saturated carbocycles. The lowest BCUT2D eigenvalue weighted by Crippen LogP contribution is -2.42. The van der Waals surface area contributed by atoms with Crippen molar-refractivity contribution in [1.82, 2.24) is 15.1 Å². The smallest absolute Gasteiger partial charge is 0.401 e. The minimum Gasteiger partial charge on any atom is -0.496 e. The molecule has 1 N–H and O–H groups in total. The number of aromatic amines is 1. The number of alkyl halides is 3. The largest absolute Gasteiger partial charge is 0.496 e. The SMILES string of the molecule is COc1cc(Br)ccc1C1c2ccc3[nH]ncc3c2CCN1CC(F)(F)F. The zero-order valence-electron chi connectivity index (χ0n) is 14.5. The van der Waals surface area contributed by atoms with E-state index in [1.807, 2.05) is 24.3 Å². The van der Waals surface area contributed by atoms with Gasteiger partial charge in [-0.1, -0.05) is 28.1 Å². The lowest BCUT2D eigenvalue weighted by atomic mass is 9.86. The van der Waals surface area contributed by atoms with Gasteiger partial charge in [-0.25, -0.2) is 0 Å². The Hall–Kier alpha value is -2.06. The van der Waals surface area contributed by atoms with Crippen molar-refractivity contribution in [1.29, 1.82) is 0 Å². The molecular formula is C19H17BrF3N3O. The number of nitrogens with zero attached hydrogens (tertiary/aromatic N) is 2. The number of nitrogens with one attached hydrogen (secondary N) is 1. The zero-order chi connectivity index (χ0) is 19.2. The Balaban J connectivity index is 1.90. The van der Waals surface area contributed by atoms with E-state index in [1.54, 1.807) is 12.3 Å². The van der Waals surface area contributed by atoms with Crippen LogP contribution in [0.5, 0.6) is 5.75 Å². The van der Waals surface area contributed by atoms with Crippen LogP contribution in [0, 0.1) is 0 Å². The molecule has 0 saturated heterocycles. The minimum absolute atomic E-state index is 0.306. The Morgan fingerprint density at radius 1 is 1.26 bits per heavy atom. The molecule has 1 aromatic heterocycles. The Morgan fingerprint density at radius 3 is 2.78 bits per heavy atom. The van der Waals surface area contributed by atoms with Crippen LogP contribution in [0.3, 0.4) is 0 Å². The van der Waals surface area contributed by atoms with E-state index in [9.17, 15) is 13.2 Å². The topological polar surface area (TPSA) is 41.1 Å². The second kappa shape index (κ2) is 6.83. The summed E-state index contributed by atoms with van der Waals surface area (Å²) >= 11 is 3.40. The number of hydrogen-bond acceptors (Lipinski definition) is 3. The molecule has 0 amide bonds. The summed E-state index contributed by atoms with van der Waals surface area (Å²) in [5, 5.41) is 7.97. The predicted molar refractivity (Wildman–Crippen MR) is 100.0 cm³/mol. The molecule has 2 aromatic carbocycles. The lowest BCUT2D eigenvalue weighted by Gasteiger charge is -2.38. The van der Waals surface area contributed by atoms with Crippen LogP contribution >= 0.6 is 15.9 Å². The number of H-pyrrole nitrogens is 1. The predicted octanol–water partition coefficient (Wildman–Crippen LogP) is 4.84. The van der Waals surface area contributed by atoms with E-state index in [0.29, 0.717) is 24.3 Å². The average Bonchev–Trinajstić information content (AvgIpc) is 3.09. The summed E-state index contributed by atoms with van der Waals surface area (Å²) in [6.45, 7) is -0.666. The Morgan fingerprint density at radius 2 is 2.04 bits per heavy atom. The van der Waals surface area contributed by atoms with E-state index in [4.69, 9.17) is 4.74 Å². The number of benzene rings is 2. The van der Waals surface area contributed by atoms with Crippen LogP contribution in [-0.2, 0) is 6.42 Å². The molecule has 8 heteroatoms. The first-order valence-electron chi connectivity index (χ1n) is 8.46. The minimum atomic E-state index is -4.28. The first-order chi connectivity index (χ1) is 12.9. The van der Waals surface area contributed by atoms with E-state index < -0.39 is 18.8 Å². The Kier molecular flexibility index (Phi) is 4.63. The van der Waals surface area contributed by atoms with Crippen LogP contribution in [0.4, 0.5) is 13.2 Å². The maximum Gasteiger partial charge on any atom is 0.401 e. The van der Waals surface area contributed by atoms with Crippen molar-refractivity contribution in [3.63, 3.8) is 0 Å². The fraction of sp³-hybridized carbons (Fsp3) is 0.316. The van der Waals surface area contributed by atoms with Gasteiger partial charge in [0.1, 0.15) is 5.75 Å². The van der Waals surface area contributed by atoms with Crippen molar-refractivity contribution in [2.75, 3.05) is 20.2 Å². The summed E-state index contributed by atoms with van der Waals surface area (Å²) in [4.78, 5) is 1.47. The van der Waals surface area contributed by atoms with E-state index in [2.05, 4.69) is 26.1 Å². The monoisotopic (exact) mass is 439 g/mol. The Bertz CT molecular complexity index is 986. The van der Waals surface area contributed by atoms with Crippen molar-refractivity contribution in [3.05, 3.63) is 57.7 Å². The third kappa shape index (κ3) is 3.43. The van der Waals surface area contributed by atoms with E-state index in [1.165, 1.54) is 12.0 Å². The molecule has 1 aliphatic rings. The summed E-state index contributed by atoms with van der Waals surface area (Å²) < 4.78 is 46.1. The van der Waals surface area contributed by atoms with Crippen LogP contribution in [0.2, 0.25) is 0 Å². The number of aromatic nitrogens is 2. The van der Waals surface area contributed by atoms with E-state index in [-0.39, 0.29) is 0 Å². The molecule has 1 unspecified atom stereocenters. The molecule has 0 radical (unpaired) electrons. The Labute approximate surface area is 162 Å². The van der Waals surface area contributed by atoms with Gasteiger partial charge in [0.15, 0.2) is 0 Å². The molecule has 4 nitrogen and oxygen atoms in total. The number of rotatable bonds is 3. The first kappa shape index (κ1) is 18.3. The molecule has 0 aliphatic carbocycles. The maximum atomic E-state index is 13.3. The zero-order valence-corrected chi connectivity index (χ0v) is 16.1. The molecule has 4 rings (SSSR count). The van der Waals surface area contributed by atoms with E-state index in [0.717, 1.165) is 26.5 Å². The van der Waals surface area contributed by atoms with Crippen LogP contribution in [0.25, 0.3) is 10.9 Å².